The first-order valence-corrected chi connectivity index (χ1v) is 9.31. The molecule has 0 unspecified atom stereocenters. The summed E-state index contributed by atoms with van der Waals surface area (Å²) in [6, 6.07) is 12.8. The van der Waals surface area contributed by atoms with Gasteiger partial charge in [-0.3, -0.25) is 9.69 Å². The van der Waals surface area contributed by atoms with Gasteiger partial charge >= 0.3 is 0 Å². The van der Waals surface area contributed by atoms with Crippen LogP contribution < -0.4 is 4.74 Å². The van der Waals surface area contributed by atoms with Crippen LogP contribution in [0.4, 0.5) is 0 Å². The fourth-order valence-corrected chi connectivity index (χ4v) is 3.76. The molecule has 1 aliphatic heterocycles. The smallest absolute Gasteiger partial charge is 0.265 e. The van der Waals surface area contributed by atoms with Crippen LogP contribution in [0.15, 0.2) is 47.4 Å². The highest BCUT2D eigenvalue weighted by Gasteiger charge is 2.29. The quantitative estimate of drug-likeness (QED) is 0.499. The molecule has 0 aliphatic carbocycles. The third-order valence-electron chi connectivity index (χ3n) is 3.59. The van der Waals surface area contributed by atoms with E-state index in [-0.39, 0.29) is 5.91 Å². The molecule has 1 heterocycles. The molecule has 0 saturated carbocycles. The van der Waals surface area contributed by atoms with E-state index >= 15 is 0 Å². The molecule has 0 aromatic heterocycles. The lowest BCUT2D eigenvalue weighted by Crippen LogP contribution is -2.22. The fourth-order valence-electron chi connectivity index (χ4n) is 2.22. The number of halogens is 2. The van der Waals surface area contributed by atoms with Gasteiger partial charge in [-0.1, -0.05) is 65.4 Å². The lowest BCUT2D eigenvalue weighted by Gasteiger charge is -2.11. The predicted octanol–water partition coefficient (Wildman–Crippen LogP) is 5.40. The van der Waals surface area contributed by atoms with E-state index < -0.39 is 0 Å². The van der Waals surface area contributed by atoms with E-state index in [1.54, 1.807) is 31.3 Å². The Hall–Kier alpha value is -1.53. The minimum Gasteiger partial charge on any atom is -0.488 e. The van der Waals surface area contributed by atoms with Gasteiger partial charge in [0.1, 0.15) is 16.7 Å². The van der Waals surface area contributed by atoms with E-state index in [4.69, 9.17) is 40.2 Å². The third kappa shape index (κ3) is 4.18. The van der Waals surface area contributed by atoms with Crippen LogP contribution in [-0.2, 0) is 11.4 Å². The Morgan fingerprint density at radius 2 is 2.00 bits per heavy atom. The van der Waals surface area contributed by atoms with E-state index in [1.165, 1.54) is 16.7 Å². The average molecular weight is 410 g/mol. The number of likely N-dealkylation sites (N-methyl/N-ethyl adjacent to an activating group) is 1. The van der Waals surface area contributed by atoms with Crippen LogP contribution in [-0.4, -0.2) is 22.2 Å². The molecule has 2 aromatic carbocycles. The molecular weight excluding hydrogens is 397 g/mol. The molecule has 1 saturated heterocycles. The van der Waals surface area contributed by atoms with Crippen molar-refractivity contribution >= 4 is 63.5 Å². The molecule has 3 rings (SSSR count). The van der Waals surface area contributed by atoms with Gasteiger partial charge in [0, 0.05) is 28.2 Å². The van der Waals surface area contributed by atoms with Gasteiger partial charge in [-0.2, -0.15) is 0 Å². The van der Waals surface area contributed by atoms with Gasteiger partial charge in [0.25, 0.3) is 5.91 Å². The first-order chi connectivity index (χ1) is 12.0. The number of benzene rings is 2. The normalized spacial score (nSPS) is 16.0. The highest BCUT2D eigenvalue weighted by molar-refractivity contribution is 8.26. The fraction of sp³-hybridized carbons (Fsp3) is 0.111. The van der Waals surface area contributed by atoms with Crippen molar-refractivity contribution in [1.82, 2.24) is 4.90 Å². The molecular formula is C18H13Cl2NO2S2. The van der Waals surface area contributed by atoms with Crippen LogP contribution in [0.25, 0.3) is 6.08 Å². The van der Waals surface area contributed by atoms with E-state index in [0.29, 0.717) is 37.2 Å². The summed E-state index contributed by atoms with van der Waals surface area (Å²) in [5.41, 5.74) is 1.60. The minimum atomic E-state index is -0.132. The van der Waals surface area contributed by atoms with Crippen LogP contribution in [0, 0.1) is 0 Å². The van der Waals surface area contributed by atoms with Crippen molar-refractivity contribution in [3.8, 4) is 5.75 Å². The monoisotopic (exact) mass is 409 g/mol. The zero-order chi connectivity index (χ0) is 18.0. The van der Waals surface area contributed by atoms with Crippen LogP contribution in [0.5, 0.6) is 5.75 Å². The molecule has 3 nitrogen and oxygen atoms in total. The molecule has 0 radical (unpaired) electrons. The molecule has 1 fully saturated rings. The summed E-state index contributed by atoms with van der Waals surface area (Å²) >= 11 is 18.7. The van der Waals surface area contributed by atoms with Crippen molar-refractivity contribution in [1.29, 1.82) is 0 Å². The Kier molecular flexibility index (Phi) is 5.69. The molecule has 7 heteroatoms. The lowest BCUT2D eigenvalue weighted by molar-refractivity contribution is -0.121. The number of carbonyl (C=O) groups is 1. The number of ether oxygens (including phenoxy) is 1. The molecule has 0 bridgehead atoms. The van der Waals surface area contributed by atoms with E-state index in [9.17, 15) is 4.79 Å². The molecule has 0 spiro atoms. The SMILES string of the molecule is CN1C(=O)/C(=C\c2cc(Cl)ccc2OCc2ccccc2Cl)SC1=S. The van der Waals surface area contributed by atoms with Gasteiger partial charge in [0.15, 0.2) is 0 Å². The van der Waals surface area contributed by atoms with Crippen LogP contribution in [0.3, 0.4) is 0 Å². The Labute approximate surface area is 165 Å². The summed E-state index contributed by atoms with van der Waals surface area (Å²) < 4.78 is 6.43. The minimum absolute atomic E-state index is 0.132. The van der Waals surface area contributed by atoms with Gasteiger partial charge in [-0.15, -0.1) is 0 Å². The molecule has 0 N–H and O–H groups in total. The van der Waals surface area contributed by atoms with E-state index in [0.717, 1.165) is 5.56 Å². The van der Waals surface area contributed by atoms with Gasteiger partial charge < -0.3 is 4.74 Å². The van der Waals surface area contributed by atoms with E-state index in [1.807, 2.05) is 24.3 Å². The van der Waals surface area contributed by atoms with Crippen LogP contribution >= 0.6 is 47.2 Å². The van der Waals surface area contributed by atoms with Crippen LogP contribution in [0.2, 0.25) is 10.0 Å². The maximum Gasteiger partial charge on any atom is 0.265 e. The predicted molar refractivity (Wildman–Crippen MR) is 108 cm³/mol. The summed E-state index contributed by atoms with van der Waals surface area (Å²) in [5, 5.41) is 1.20. The number of rotatable bonds is 4. The molecule has 1 amide bonds. The largest absolute Gasteiger partial charge is 0.488 e. The number of amides is 1. The van der Waals surface area contributed by atoms with Crippen molar-refractivity contribution in [2.45, 2.75) is 6.61 Å². The highest BCUT2D eigenvalue weighted by Crippen LogP contribution is 2.34. The van der Waals surface area contributed by atoms with Gasteiger partial charge in [0.2, 0.25) is 0 Å². The lowest BCUT2D eigenvalue weighted by atomic mass is 10.1. The Balaban J connectivity index is 1.88. The summed E-state index contributed by atoms with van der Waals surface area (Å²) in [6.07, 6.45) is 1.75. The van der Waals surface area contributed by atoms with Crippen molar-refractivity contribution < 1.29 is 9.53 Å². The molecule has 128 valence electrons. The maximum atomic E-state index is 12.2. The second-order valence-corrected chi connectivity index (χ2v) is 7.82. The summed E-state index contributed by atoms with van der Waals surface area (Å²) in [5.74, 6) is 0.484. The number of carbonyl (C=O) groups excluding carboxylic acids is 1. The van der Waals surface area contributed by atoms with Crippen molar-refractivity contribution in [2.75, 3.05) is 7.05 Å². The maximum absolute atomic E-state index is 12.2. The first-order valence-electron chi connectivity index (χ1n) is 7.33. The number of hydrogen-bond acceptors (Lipinski definition) is 4. The number of nitrogens with zero attached hydrogens (tertiary/aromatic N) is 1. The number of hydrogen-bond donors (Lipinski definition) is 0. The Morgan fingerprint density at radius 1 is 1.24 bits per heavy atom. The molecule has 0 atom stereocenters. The first kappa shape index (κ1) is 18.3. The molecule has 1 aliphatic rings. The van der Waals surface area contributed by atoms with Crippen molar-refractivity contribution in [3.63, 3.8) is 0 Å². The Morgan fingerprint density at radius 3 is 2.68 bits per heavy atom. The second kappa shape index (κ2) is 7.79. The van der Waals surface area contributed by atoms with E-state index in [2.05, 4.69) is 0 Å². The highest BCUT2D eigenvalue weighted by atomic mass is 35.5. The van der Waals surface area contributed by atoms with Crippen LogP contribution in [0.1, 0.15) is 11.1 Å². The molecule has 2 aromatic rings. The van der Waals surface area contributed by atoms with Gasteiger partial charge in [0.05, 0.1) is 4.91 Å². The van der Waals surface area contributed by atoms with Gasteiger partial charge in [-0.25, -0.2) is 0 Å². The Bertz CT molecular complexity index is 883. The van der Waals surface area contributed by atoms with Crippen molar-refractivity contribution in [3.05, 3.63) is 68.5 Å². The average Bonchev–Trinajstić information content (AvgIpc) is 2.82. The summed E-state index contributed by atoms with van der Waals surface area (Å²) in [4.78, 5) is 14.2. The standard InChI is InChI=1S/C18H13Cl2NO2S2/c1-21-17(22)16(25-18(21)24)9-12-8-13(19)6-7-15(12)23-10-11-4-2-3-5-14(11)20/h2-9H,10H2,1H3/b16-9+. The number of thiocarbonyl (C=S) groups is 1. The number of thioether (sulfide) groups is 1. The summed E-state index contributed by atoms with van der Waals surface area (Å²) in [7, 11) is 1.66. The molecule has 25 heavy (non-hydrogen) atoms. The summed E-state index contributed by atoms with van der Waals surface area (Å²) in [6.45, 7) is 0.316. The second-order valence-electron chi connectivity index (χ2n) is 5.30. The van der Waals surface area contributed by atoms with Crippen molar-refractivity contribution in [2.24, 2.45) is 0 Å². The zero-order valence-corrected chi connectivity index (χ0v) is 16.3. The zero-order valence-electron chi connectivity index (χ0n) is 13.2. The van der Waals surface area contributed by atoms with Gasteiger partial charge in [-0.05, 0) is 30.3 Å². The topological polar surface area (TPSA) is 29.5 Å². The third-order valence-corrected chi connectivity index (χ3v) is 5.67.